The van der Waals surface area contributed by atoms with Gasteiger partial charge in [-0.3, -0.25) is 0 Å². The number of hydrogen-bond donors (Lipinski definition) is 2. The highest BCUT2D eigenvalue weighted by Gasteiger charge is 2.23. The zero-order valence-electron chi connectivity index (χ0n) is 8.82. The van der Waals surface area contributed by atoms with Gasteiger partial charge in [-0.1, -0.05) is 0 Å². The van der Waals surface area contributed by atoms with Crippen LogP contribution in [0.5, 0.6) is 0 Å². The second-order valence-electron chi connectivity index (χ2n) is 3.60. The number of nitrogens with one attached hydrogen (secondary N) is 1. The van der Waals surface area contributed by atoms with Crippen LogP contribution in [0.1, 0.15) is 12.7 Å². The maximum atomic E-state index is 10.8. The van der Waals surface area contributed by atoms with E-state index in [0.717, 1.165) is 0 Å². The molecule has 0 fully saturated rings. The Bertz CT molecular complexity index is 305. The lowest BCUT2D eigenvalue weighted by Crippen LogP contribution is -2.42. The number of alkyl carbamates (subject to hydrolysis) is 1. The van der Waals surface area contributed by atoms with Gasteiger partial charge in [0.1, 0.15) is 5.76 Å². The molecule has 1 aromatic heterocycles. The third-order valence-electron chi connectivity index (χ3n) is 1.93. The van der Waals surface area contributed by atoms with Gasteiger partial charge in [0.2, 0.25) is 0 Å². The Labute approximate surface area is 88.0 Å². The molecule has 1 heterocycles. The van der Waals surface area contributed by atoms with Crippen molar-refractivity contribution < 1.29 is 19.1 Å². The van der Waals surface area contributed by atoms with E-state index >= 15 is 0 Å². The van der Waals surface area contributed by atoms with Crippen LogP contribution in [0.15, 0.2) is 22.8 Å². The molecule has 0 aliphatic heterocycles. The predicted octanol–water partition coefficient (Wildman–Crippen LogP) is 0.929. The SMILES string of the molecule is COC(=O)NCC(C)(O)Cc1ccco1. The summed E-state index contributed by atoms with van der Waals surface area (Å²) in [5, 5.41) is 12.3. The van der Waals surface area contributed by atoms with Gasteiger partial charge in [0.15, 0.2) is 0 Å². The summed E-state index contributed by atoms with van der Waals surface area (Å²) in [7, 11) is 1.27. The van der Waals surface area contributed by atoms with Crippen LogP contribution in [0.4, 0.5) is 4.79 Å². The summed E-state index contributed by atoms with van der Waals surface area (Å²) < 4.78 is 9.49. The quantitative estimate of drug-likeness (QED) is 0.780. The summed E-state index contributed by atoms with van der Waals surface area (Å²) in [6.07, 6.45) is 1.32. The smallest absolute Gasteiger partial charge is 0.406 e. The summed E-state index contributed by atoms with van der Waals surface area (Å²) >= 11 is 0. The highest BCUT2D eigenvalue weighted by molar-refractivity contribution is 5.66. The molecule has 1 atom stereocenters. The minimum absolute atomic E-state index is 0.111. The van der Waals surface area contributed by atoms with Crippen molar-refractivity contribution in [2.24, 2.45) is 0 Å². The van der Waals surface area contributed by atoms with Crippen LogP contribution < -0.4 is 5.32 Å². The lowest BCUT2D eigenvalue weighted by molar-refractivity contribution is 0.0534. The highest BCUT2D eigenvalue weighted by Crippen LogP contribution is 2.12. The fourth-order valence-corrected chi connectivity index (χ4v) is 1.19. The minimum atomic E-state index is -1.05. The Morgan fingerprint density at radius 1 is 1.73 bits per heavy atom. The van der Waals surface area contributed by atoms with Crippen LogP contribution >= 0.6 is 0 Å². The standard InChI is InChI=1S/C10H15NO4/c1-10(13,7-11-9(12)14-2)6-8-4-3-5-15-8/h3-5,13H,6-7H2,1-2H3,(H,11,12). The number of ether oxygens (including phenoxy) is 1. The van der Waals surface area contributed by atoms with Gasteiger partial charge >= 0.3 is 6.09 Å². The van der Waals surface area contributed by atoms with Crippen molar-refractivity contribution in [3.8, 4) is 0 Å². The zero-order chi connectivity index (χ0) is 11.3. The monoisotopic (exact) mass is 213 g/mol. The van der Waals surface area contributed by atoms with Crippen molar-refractivity contribution in [2.45, 2.75) is 18.9 Å². The summed E-state index contributed by atoms with van der Waals surface area (Å²) in [4.78, 5) is 10.8. The van der Waals surface area contributed by atoms with E-state index in [2.05, 4.69) is 10.1 Å². The Kier molecular flexibility index (Phi) is 3.74. The summed E-state index contributed by atoms with van der Waals surface area (Å²) in [6.45, 7) is 1.73. The van der Waals surface area contributed by atoms with E-state index in [0.29, 0.717) is 12.2 Å². The molecule has 0 spiro atoms. The van der Waals surface area contributed by atoms with E-state index in [9.17, 15) is 9.90 Å². The molecule has 0 saturated heterocycles. The molecule has 0 aliphatic rings. The first kappa shape index (κ1) is 11.6. The van der Waals surface area contributed by atoms with Crippen LogP contribution in [-0.2, 0) is 11.2 Å². The van der Waals surface area contributed by atoms with Crippen molar-refractivity contribution >= 4 is 6.09 Å². The molecule has 0 aliphatic carbocycles. The molecule has 5 heteroatoms. The third-order valence-corrected chi connectivity index (χ3v) is 1.93. The second kappa shape index (κ2) is 4.84. The van der Waals surface area contributed by atoms with Gasteiger partial charge in [-0.05, 0) is 19.1 Å². The molecule has 5 nitrogen and oxygen atoms in total. The van der Waals surface area contributed by atoms with Crippen LogP contribution in [0.2, 0.25) is 0 Å². The van der Waals surface area contributed by atoms with Gasteiger partial charge in [0, 0.05) is 13.0 Å². The van der Waals surface area contributed by atoms with Crippen LogP contribution in [0.25, 0.3) is 0 Å². The molecular formula is C10H15NO4. The van der Waals surface area contributed by atoms with Crippen molar-refractivity contribution in [3.05, 3.63) is 24.2 Å². The van der Waals surface area contributed by atoms with Crippen molar-refractivity contribution in [1.82, 2.24) is 5.32 Å². The molecule has 0 radical (unpaired) electrons. The molecule has 15 heavy (non-hydrogen) atoms. The maximum absolute atomic E-state index is 10.8. The average molecular weight is 213 g/mol. The Morgan fingerprint density at radius 2 is 2.47 bits per heavy atom. The van der Waals surface area contributed by atoms with Crippen molar-refractivity contribution in [2.75, 3.05) is 13.7 Å². The van der Waals surface area contributed by atoms with E-state index in [1.165, 1.54) is 7.11 Å². The van der Waals surface area contributed by atoms with E-state index in [1.54, 1.807) is 25.3 Å². The minimum Gasteiger partial charge on any atom is -0.469 e. The average Bonchev–Trinajstić information content (AvgIpc) is 2.66. The number of carbonyl (C=O) groups excluding carboxylic acids is 1. The first-order valence-corrected chi connectivity index (χ1v) is 4.60. The van der Waals surface area contributed by atoms with Gasteiger partial charge < -0.3 is 19.6 Å². The molecular weight excluding hydrogens is 198 g/mol. The molecule has 0 aromatic carbocycles. The zero-order valence-corrected chi connectivity index (χ0v) is 8.82. The summed E-state index contributed by atoms with van der Waals surface area (Å²) in [5.41, 5.74) is -1.05. The van der Waals surface area contributed by atoms with Gasteiger partial charge in [0.25, 0.3) is 0 Å². The lowest BCUT2D eigenvalue weighted by atomic mass is 10.0. The van der Waals surface area contributed by atoms with Gasteiger partial charge in [-0.25, -0.2) is 4.79 Å². The lowest BCUT2D eigenvalue weighted by Gasteiger charge is -2.21. The Morgan fingerprint density at radius 3 is 3.00 bits per heavy atom. The molecule has 84 valence electrons. The Balaban J connectivity index is 2.41. The number of hydrogen-bond acceptors (Lipinski definition) is 4. The number of furan rings is 1. The maximum Gasteiger partial charge on any atom is 0.406 e. The predicted molar refractivity (Wildman–Crippen MR) is 53.4 cm³/mol. The third kappa shape index (κ3) is 4.03. The normalized spacial score (nSPS) is 14.3. The Hall–Kier alpha value is -1.49. The van der Waals surface area contributed by atoms with E-state index in [1.807, 2.05) is 0 Å². The topological polar surface area (TPSA) is 71.7 Å². The summed E-state index contributed by atoms with van der Waals surface area (Å²) in [5.74, 6) is 0.673. The van der Waals surface area contributed by atoms with Gasteiger partial charge in [0.05, 0.1) is 19.0 Å². The largest absolute Gasteiger partial charge is 0.469 e. The highest BCUT2D eigenvalue weighted by atomic mass is 16.5. The molecule has 1 amide bonds. The number of carbonyl (C=O) groups is 1. The molecule has 1 aromatic rings. The fourth-order valence-electron chi connectivity index (χ4n) is 1.19. The second-order valence-corrected chi connectivity index (χ2v) is 3.60. The number of amides is 1. The summed E-state index contributed by atoms with van der Waals surface area (Å²) in [6, 6.07) is 3.52. The number of rotatable bonds is 4. The fraction of sp³-hybridized carbons (Fsp3) is 0.500. The van der Waals surface area contributed by atoms with Crippen molar-refractivity contribution in [1.29, 1.82) is 0 Å². The molecule has 0 saturated carbocycles. The number of aliphatic hydroxyl groups is 1. The van der Waals surface area contributed by atoms with Crippen LogP contribution in [0, 0.1) is 0 Å². The van der Waals surface area contributed by atoms with E-state index in [4.69, 9.17) is 4.42 Å². The number of methoxy groups -OCH3 is 1. The van der Waals surface area contributed by atoms with E-state index < -0.39 is 11.7 Å². The van der Waals surface area contributed by atoms with Crippen LogP contribution in [-0.4, -0.2) is 30.5 Å². The first-order valence-electron chi connectivity index (χ1n) is 4.60. The molecule has 1 rings (SSSR count). The van der Waals surface area contributed by atoms with Crippen LogP contribution in [0.3, 0.4) is 0 Å². The molecule has 0 bridgehead atoms. The van der Waals surface area contributed by atoms with Gasteiger partial charge in [-0.2, -0.15) is 0 Å². The van der Waals surface area contributed by atoms with E-state index in [-0.39, 0.29) is 6.54 Å². The first-order chi connectivity index (χ1) is 7.03. The van der Waals surface area contributed by atoms with Gasteiger partial charge in [-0.15, -0.1) is 0 Å². The van der Waals surface area contributed by atoms with Crippen molar-refractivity contribution in [3.63, 3.8) is 0 Å². The molecule has 1 unspecified atom stereocenters. The molecule has 2 N–H and O–H groups in total.